The van der Waals surface area contributed by atoms with E-state index >= 15 is 0 Å². The van der Waals surface area contributed by atoms with Gasteiger partial charge in [0.05, 0.1) is 15.7 Å². The van der Waals surface area contributed by atoms with Crippen molar-refractivity contribution in [2.75, 3.05) is 20.1 Å². The first-order valence-electron chi connectivity index (χ1n) is 7.32. The summed E-state index contributed by atoms with van der Waals surface area (Å²) in [6.45, 7) is 2.61. The molecule has 1 saturated carbocycles. The van der Waals surface area contributed by atoms with E-state index in [1.54, 1.807) is 11.3 Å². The molecule has 1 aromatic heterocycles. The molecule has 3 rings (SSSR count). The maximum atomic E-state index is 13.0. The molecule has 110 valence electrons. The van der Waals surface area contributed by atoms with E-state index in [0.717, 1.165) is 29.8 Å². The molecule has 1 amide bonds. The summed E-state index contributed by atoms with van der Waals surface area (Å²) in [5, 5.41) is 3.46. The van der Waals surface area contributed by atoms with Gasteiger partial charge >= 0.3 is 0 Å². The Morgan fingerprint density at radius 2 is 2.40 bits per heavy atom. The highest BCUT2D eigenvalue weighted by Crippen LogP contribution is 2.45. The lowest BCUT2D eigenvalue weighted by Gasteiger charge is -2.39. The summed E-state index contributed by atoms with van der Waals surface area (Å²) in [4.78, 5) is 16.2. The van der Waals surface area contributed by atoms with Crippen LogP contribution in [-0.4, -0.2) is 30.9 Å². The van der Waals surface area contributed by atoms with Gasteiger partial charge in [-0.15, -0.1) is 11.3 Å². The molecule has 1 aromatic rings. The van der Waals surface area contributed by atoms with Crippen molar-refractivity contribution in [3.63, 3.8) is 0 Å². The molecule has 0 spiro atoms. The minimum atomic E-state index is -0.124. The van der Waals surface area contributed by atoms with Crippen molar-refractivity contribution >= 4 is 33.2 Å². The van der Waals surface area contributed by atoms with Crippen LogP contribution in [0.1, 0.15) is 30.6 Å². The minimum Gasteiger partial charge on any atom is -0.340 e. The van der Waals surface area contributed by atoms with Gasteiger partial charge in [-0.2, -0.15) is 0 Å². The molecule has 5 heteroatoms. The molecular weight excluding hydrogens is 336 g/mol. The van der Waals surface area contributed by atoms with E-state index in [4.69, 9.17) is 0 Å². The SMILES string of the molecule is CN(Cc1ccc(Br)s1)C(=O)[C@@]12CCCC[C@H]1CNC2. The van der Waals surface area contributed by atoms with Gasteiger partial charge in [0.2, 0.25) is 5.91 Å². The molecule has 1 aliphatic carbocycles. The van der Waals surface area contributed by atoms with Crippen LogP contribution >= 0.6 is 27.3 Å². The van der Waals surface area contributed by atoms with Crippen LogP contribution in [0.25, 0.3) is 0 Å². The predicted molar refractivity (Wildman–Crippen MR) is 85.8 cm³/mol. The molecule has 2 aliphatic rings. The number of carbonyl (C=O) groups is 1. The van der Waals surface area contributed by atoms with Crippen molar-refractivity contribution in [3.8, 4) is 0 Å². The average Bonchev–Trinajstić information content (AvgIpc) is 3.04. The zero-order chi connectivity index (χ0) is 14.2. The van der Waals surface area contributed by atoms with Gasteiger partial charge in [-0.1, -0.05) is 12.8 Å². The van der Waals surface area contributed by atoms with Crippen molar-refractivity contribution in [3.05, 3.63) is 20.8 Å². The Bertz CT molecular complexity index is 504. The summed E-state index contributed by atoms with van der Waals surface area (Å²) in [6, 6.07) is 4.15. The Kier molecular flexibility index (Phi) is 4.20. The lowest BCUT2D eigenvalue weighted by Crippen LogP contribution is -2.48. The van der Waals surface area contributed by atoms with Gasteiger partial charge < -0.3 is 10.2 Å². The van der Waals surface area contributed by atoms with Crippen molar-refractivity contribution in [2.45, 2.75) is 32.2 Å². The zero-order valence-electron chi connectivity index (χ0n) is 11.8. The van der Waals surface area contributed by atoms with Gasteiger partial charge in [0, 0.05) is 18.5 Å². The Labute approximate surface area is 132 Å². The Morgan fingerprint density at radius 1 is 1.55 bits per heavy atom. The van der Waals surface area contributed by atoms with Crippen LogP contribution in [0.2, 0.25) is 0 Å². The van der Waals surface area contributed by atoms with E-state index in [1.807, 2.05) is 11.9 Å². The van der Waals surface area contributed by atoms with Crippen LogP contribution in [0.4, 0.5) is 0 Å². The summed E-state index contributed by atoms with van der Waals surface area (Å²) in [7, 11) is 1.95. The van der Waals surface area contributed by atoms with E-state index in [-0.39, 0.29) is 5.41 Å². The highest BCUT2D eigenvalue weighted by atomic mass is 79.9. The van der Waals surface area contributed by atoms with E-state index in [2.05, 4.69) is 33.4 Å². The maximum absolute atomic E-state index is 13.0. The number of nitrogens with zero attached hydrogens (tertiary/aromatic N) is 1. The number of nitrogens with one attached hydrogen (secondary N) is 1. The van der Waals surface area contributed by atoms with Gasteiger partial charge in [-0.3, -0.25) is 4.79 Å². The second-order valence-corrected chi connectivity index (χ2v) is 8.64. The third-order valence-electron chi connectivity index (χ3n) is 4.83. The van der Waals surface area contributed by atoms with Crippen molar-refractivity contribution in [1.29, 1.82) is 0 Å². The quantitative estimate of drug-likeness (QED) is 0.901. The van der Waals surface area contributed by atoms with Crippen LogP contribution in [0.3, 0.4) is 0 Å². The standard InChI is InChI=1S/C15H21BrN2OS/c1-18(9-12-5-6-13(16)20-12)14(19)15-7-3-2-4-11(15)8-17-10-15/h5-6,11,17H,2-4,7-10H2,1H3/t11-,15+/m0/s1. The lowest BCUT2D eigenvalue weighted by molar-refractivity contribution is -0.144. The summed E-state index contributed by atoms with van der Waals surface area (Å²) in [5.41, 5.74) is -0.124. The number of thiophene rings is 1. The molecule has 0 unspecified atom stereocenters. The summed E-state index contributed by atoms with van der Waals surface area (Å²) >= 11 is 5.19. The van der Waals surface area contributed by atoms with Crippen molar-refractivity contribution < 1.29 is 4.79 Å². The minimum absolute atomic E-state index is 0.124. The highest BCUT2D eigenvalue weighted by molar-refractivity contribution is 9.11. The van der Waals surface area contributed by atoms with Crippen molar-refractivity contribution in [2.24, 2.45) is 11.3 Å². The topological polar surface area (TPSA) is 32.3 Å². The molecule has 2 heterocycles. The third-order valence-corrected chi connectivity index (χ3v) is 6.44. The molecule has 3 nitrogen and oxygen atoms in total. The van der Waals surface area contributed by atoms with E-state index in [9.17, 15) is 4.79 Å². The maximum Gasteiger partial charge on any atom is 0.230 e. The van der Waals surface area contributed by atoms with Crippen LogP contribution in [0, 0.1) is 11.3 Å². The van der Waals surface area contributed by atoms with Gasteiger partial charge in [0.1, 0.15) is 0 Å². The van der Waals surface area contributed by atoms with Crippen LogP contribution in [0.15, 0.2) is 15.9 Å². The largest absolute Gasteiger partial charge is 0.340 e. The first-order chi connectivity index (χ1) is 9.62. The number of hydrogen-bond acceptors (Lipinski definition) is 3. The number of hydrogen-bond donors (Lipinski definition) is 1. The van der Waals surface area contributed by atoms with Gasteiger partial charge in [0.25, 0.3) is 0 Å². The second kappa shape index (κ2) is 5.78. The highest BCUT2D eigenvalue weighted by Gasteiger charge is 2.50. The molecular formula is C15H21BrN2OS. The Balaban J connectivity index is 1.73. The van der Waals surface area contributed by atoms with Gasteiger partial charge in [-0.05, 0) is 53.4 Å². The fraction of sp³-hybridized carbons (Fsp3) is 0.667. The molecule has 1 saturated heterocycles. The Hall–Kier alpha value is -0.390. The number of fused-ring (bicyclic) bond motifs is 1. The molecule has 20 heavy (non-hydrogen) atoms. The molecule has 0 radical (unpaired) electrons. The smallest absolute Gasteiger partial charge is 0.230 e. The fourth-order valence-corrected chi connectivity index (χ4v) is 5.33. The van der Waals surface area contributed by atoms with Crippen LogP contribution in [0.5, 0.6) is 0 Å². The normalized spacial score (nSPS) is 29.2. The fourth-order valence-electron chi connectivity index (χ4n) is 3.79. The number of amides is 1. The summed E-state index contributed by atoms with van der Waals surface area (Å²) < 4.78 is 1.13. The molecule has 2 fully saturated rings. The summed E-state index contributed by atoms with van der Waals surface area (Å²) in [5.74, 6) is 0.887. The van der Waals surface area contributed by atoms with Crippen LogP contribution in [-0.2, 0) is 11.3 Å². The first kappa shape index (κ1) is 14.5. The monoisotopic (exact) mass is 356 g/mol. The van der Waals surface area contributed by atoms with Crippen molar-refractivity contribution in [1.82, 2.24) is 10.2 Å². The number of halogens is 1. The van der Waals surface area contributed by atoms with E-state index in [0.29, 0.717) is 11.8 Å². The molecule has 2 atom stereocenters. The first-order valence-corrected chi connectivity index (χ1v) is 8.93. The summed E-state index contributed by atoms with van der Waals surface area (Å²) in [6.07, 6.45) is 4.74. The van der Waals surface area contributed by atoms with E-state index in [1.165, 1.54) is 24.1 Å². The van der Waals surface area contributed by atoms with Crippen LogP contribution < -0.4 is 5.32 Å². The van der Waals surface area contributed by atoms with Gasteiger partial charge in [0.15, 0.2) is 0 Å². The zero-order valence-corrected chi connectivity index (χ0v) is 14.2. The molecule has 0 aromatic carbocycles. The molecule has 1 N–H and O–H groups in total. The average molecular weight is 357 g/mol. The number of carbonyl (C=O) groups excluding carboxylic acids is 1. The number of rotatable bonds is 3. The van der Waals surface area contributed by atoms with E-state index < -0.39 is 0 Å². The second-order valence-electron chi connectivity index (χ2n) is 6.10. The molecule has 1 aliphatic heterocycles. The molecule has 0 bridgehead atoms. The van der Waals surface area contributed by atoms with Gasteiger partial charge in [-0.25, -0.2) is 0 Å². The Morgan fingerprint density at radius 3 is 3.15 bits per heavy atom. The predicted octanol–water partition coefficient (Wildman–Crippen LogP) is 3.25. The third kappa shape index (κ3) is 2.55. The lowest BCUT2D eigenvalue weighted by atomic mass is 9.67.